The smallest absolute Gasteiger partial charge is 0.265 e. The molecule has 0 aliphatic heterocycles. The lowest BCUT2D eigenvalue weighted by Crippen LogP contribution is -2.36. The molecule has 0 N–H and O–H groups in total. The Bertz CT molecular complexity index is 1060. The zero-order valence-electron chi connectivity index (χ0n) is 15.9. The van der Waals surface area contributed by atoms with Crippen molar-refractivity contribution in [2.45, 2.75) is 44.7 Å². The molecule has 0 saturated heterocycles. The van der Waals surface area contributed by atoms with Gasteiger partial charge in [0, 0.05) is 23.8 Å². The minimum absolute atomic E-state index is 0.0175. The van der Waals surface area contributed by atoms with Crippen LogP contribution in [0.2, 0.25) is 0 Å². The molecule has 1 aromatic carbocycles. The molecule has 6 heteroatoms. The lowest BCUT2D eigenvalue weighted by atomic mass is 9.72. The van der Waals surface area contributed by atoms with Crippen molar-refractivity contribution in [2.24, 2.45) is 13.0 Å². The number of nitrogens with zero attached hydrogens (tertiary/aromatic N) is 4. The van der Waals surface area contributed by atoms with E-state index in [-0.39, 0.29) is 11.0 Å². The predicted octanol–water partition coefficient (Wildman–Crippen LogP) is 3.68. The highest BCUT2D eigenvalue weighted by atomic mass is 32.2. The summed E-state index contributed by atoms with van der Waals surface area (Å²) in [7, 11) is 1.85. The van der Waals surface area contributed by atoms with Gasteiger partial charge in [-0.2, -0.15) is 0 Å². The number of hydrogen-bond acceptors (Lipinski definition) is 4. The van der Waals surface area contributed by atoms with Gasteiger partial charge < -0.3 is 0 Å². The number of thioether (sulfide) groups is 1. The van der Waals surface area contributed by atoms with Crippen molar-refractivity contribution in [1.82, 2.24) is 19.2 Å². The summed E-state index contributed by atoms with van der Waals surface area (Å²) in [6, 6.07) is 8.27. The van der Waals surface area contributed by atoms with Gasteiger partial charge in [-0.3, -0.25) is 4.79 Å². The largest absolute Gasteiger partial charge is 0.268 e. The second kappa shape index (κ2) is 5.98. The van der Waals surface area contributed by atoms with E-state index >= 15 is 0 Å². The molecule has 136 valence electrons. The van der Waals surface area contributed by atoms with Gasteiger partial charge in [0.1, 0.15) is 0 Å². The van der Waals surface area contributed by atoms with Crippen molar-refractivity contribution >= 4 is 17.5 Å². The maximum atomic E-state index is 13.5. The van der Waals surface area contributed by atoms with Gasteiger partial charge in [0.05, 0.1) is 11.3 Å². The van der Waals surface area contributed by atoms with Crippen LogP contribution in [0.1, 0.15) is 38.8 Å². The standard InChI is InChI=1S/C20H24N4OS/c1-12(2)11-26-19-22-23(5)18-21-16-14-9-7-6-8-13(14)10-20(3,4)15(16)17(25)24(18)19/h6-9,12H,10-11H2,1-5H3. The molecule has 0 unspecified atom stereocenters. The Balaban J connectivity index is 2.03. The van der Waals surface area contributed by atoms with Crippen molar-refractivity contribution in [1.29, 1.82) is 0 Å². The summed E-state index contributed by atoms with van der Waals surface area (Å²) >= 11 is 1.62. The lowest BCUT2D eigenvalue weighted by molar-refractivity contribution is 0.505. The molecule has 0 saturated carbocycles. The number of fused-ring (bicyclic) bond motifs is 4. The molecule has 1 aliphatic rings. The Morgan fingerprint density at radius 1 is 1.27 bits per heavy atom. The van der Waals surface area contributed by atoms with E-state index < -0.39 is 0 Å². The quantitative estimate of drug-likeness (QED) is 0.662. The fourth-order valence-electron chi connectivity index (χ4n) is 3.73. The molecule has 3 aromatic rings. The number of aryl methyl sites for hydroxylation is 1. The molecule has 5 nitrogen and oxygen atoms in total. The fourth-order valence-corrected chi connectivity index (χ4v) is 4.68. The van der Waals surface area contributed by atoms with Crippen LogP contribution in [0.3, 0.4) is 0 Å². The van der Waals surface area contributed by atoms with Crippen molar-refractivity contribution in [3.63, 3.8) is 0 Å². The highest BCUT2D eigenvalue weighted by molar-refractivity contribution is 7.99. The van der Waals surface area contributed by atoms with Gasteiger partial charge in [-0.25, -0.2) is 14.1 Å². The molecule has 2 aromatic heterocycles. The Morgan fingerprint density at radius 2 is 2.00 bits per heavy atom. The first-order chi connectivity index (χ1) is 12.3. The van der Waals surface area contributed by atoms with E-state index in [1.54, 1.807) is 20.8 Å². The average Bonchev–Trinajstić information content (AvgIpc) is 2.89. The maximum absolute atomic E-state index is 13.5. The highest BCUT2D eigenvalue weighted by Crippen LogP contribution is 2.40. The average molecular weight is 369 g/mol. The minimum atomic E-state index is -0.259. The SMILES string of the molecule is CC(C)CSc1nn(C)c2nc3c(c(=O)n12)C(C)(C)Cc1ccccc1-3. The summed E-state index contributed by atoms with van der Waals surface area (Å²) in [4.78, 5) is 18.4. The van der Waals surface area contributed by atoms with Crippen LogP contribution in [0.25, 0.3) is 17.0 Å². The van der Waals surface area contributed by atoms with Crippen LogP contribution >= 0.6 is 11.8 Å². The number of hydrogen-bond donors (Lipinski definition) is 0. The first-order valence-electron chi connectivity index (χ1n) is 9.01. The van der Waals surface area contributed by atoms with Crippen LogP contribution in [0.4, 0.5) is 0 Å². The molecule has 0 amide bonds. The lowest BCUT2D eigenvalue weighted by Gasteiger charge is -2.32. The third-order valence-corrected chi connectivity index (χ3v) is 6.27. The van der Waals surface area contributed by atoms with Crippen LogP contribution in [0.5, 0.6) is 0 Å². The Morgan fingerprint density at radius 3 is 2.73 bits per heavy atom. The van der Waals surface area contributed by atoms with Crippen molar-refractivity contribution < 1.29 is 0 Å². The second-order valence-electron chi connectivity index (χ2n) is 8.10. The van der Waals surface area contributed by atoms with Crippen LogP contribution in [-0.4, -0.2) is 24.9 Å². The normalized spacial score (nSPS) is 15.3. The molecule has 1 aliphatic carbocycles. The number of benzene rings is 1. The summed E-state index contributed by atoms with van der Waals surface area (Å²) in [6.07, 6.45) is 0.841. The van der Waals surface area contributed by atoms with Crippen LogP contribution in [-0.2, 0) is 18.9 Å². The molecule has 0 atom stereocenters. The van der Waals surface area contributed by atoms with Gasteiger partial charge in [-0.05, 0) is 17.9 Å². The molecule has 26 heavy (non-hydrogen) atoms. The third-order valence-electron chi connectivity index (χ3n) is 4.91. The van der Waals surface area contributed by atoms with Gasteiger partial charge in [0.2, 0.25) is 5.78 Å². The van der Waals surface area contributed by atoms with E-state index in [0.29, 0.717) is 11.7 Å². The van der Waals surface area contributed by atoms with E-state index in [2.05, 4.69) is 51.0 Å². The highest BCUT2D eigenvalue weighted by Gasteiger charge is 2.36. The monoisotopic (exact) mass is 368 g/mol. The van der Waals surface area contributed by atoms with E-state index in [1.807, 2.05) is 13.1 Å². The van der Waals surface area contributed by atoms with Crippen molar-refractivity contribution in [2.75, 3.05) is 5.75 Å². The van der Waals surface area contributed by atoms with Crippen LogP contribution < -0.4 is 5.56 Å². The molecular weight excluding hydrogens is 344 g/mol. The maximum Gasteiger partial charge on any atom is 0.265 e. The van der Waals surface area contributed by atoms with Gasteiger partial charge >= 0.3 is 0 Å². The first-order valence-corrected chi connectivity index (χ1v) is 9.99. The summed E-state index contributed by atoms with van der Waals surface area (Å²) < 4.78 is 3.41. The second-order valence-corrected chi connectivity index (χ2v) is 9.09. The van der Waals surface area contributed by atoms with E-state index in [0.717, 1.165) is 34.2 Å². The van der Waals surface area contributed by atoms with E-state index in [1.165, 1.54) is 5.56 Å². The molecular formula is C20H24N4OS. The van der Waals surface area contributed by atoms with Crippen LogP contribution in [0, 0.1) is 5.92 Å². The Labute approximate surface area is 157 Å². The van der Waals surface area contributed by atoms with E-state index in [4.69, 9.17) is 4.98 Å². The van der Waals surface area contributed by atoms with Crippen molar-refractivity contribution in [3.05, 3.63) is 45.7 Å². The number of rotatable bonds is 3. The number of aromatic nitrogens is 4. The summed E-state index contributed by atoms with van der Waals surface area (Å²) in [5.74, 6) is 2.05. The zero-order valence-corrected chi connectivity index (χ0v) is 16.7. The molecule has 0 bridgehead atoms. The predicted molar refractivity (Wildman–Crippen MR) is 106 cm³/mol. The van der Waals surface area contributed by atoms with Crippen LogP contribution in [0.15, 0.2) is 34.2 Å². The summed E-state index contributed by atoms with van der Waals surface area (Å²) in [5.41, 5.74) is 3.68. The summed E-state index contributed by atoms with van der Waals surface area (Å²) in [5, 5.41) is 5.31. The zero-order chi connectivity index (χ0) is 18.6. The van der Waals surface area contributed by atoms with Crippen molar-refractivity contribution in [3.8, 4) is 11.3 Å². The molecule has 0 radical (unpaired) electrons. The minimum Gasteiger partial charge on any atom is -0.268 e. The van der Waals surface area contributed by atoms with Gasteiger partial charge in [-0.1, -0.05) is 63.7 Å². The Hall–Kier alpha value is -2.08. The molecule has 2 heterocycles. The topological polar surface area (TPSA) is 52.2 Å². The molecule has 0 fully saturated rings. The Kier molecular flexibility index (Phi) is 3.99. The third kappa shape index (κ3) is 2.58. The molecule has 4 rings (SSSR count). The fraction of sp³-hybridized carbons (Fsp3) is 0.450. The van der Waals surface area contributed by atoms with Gasteiger partial charge in [0.25, 0.3) is 5.56 Å². The van der Waals surface area contributed by atoms with Gasteiger partial charge in [0.15, 0.2) is 5.16 Å². The first kappa shape index (κ1) is 17.3. The van der Waals surface area contributed by atoms with E-state index in [9.17, 15) is 4.79 Å². The molecule has 0 spiro atoms. The van der Waals surface area contributed by atoms with Gasteiger partial charge in [-0.15, -0.1) is 5.10 Å². The summed E-state index contributed by atoms with van der Waals surface area (Å²) in [6.45, 7) is 8.60.